The third kappa shape index (κ3) is 3.54. The number of amides is 1. The summed E-state index contributed by atoms with van der Waals surface area (Å²) in [5.74, 6) is 0.592. The van der Waals surface area contributed by atoms with Crippen LogP contribution in [-0.2, 0) is 13.2 Å². The molecule has 1 aromatic heterocycles. The molecule has 3 unspecified atom stereocenters. The van der Waals surface area contributed by atoms with Crippen molar-refractivity contribution < 1.29 is 18.0 Å². The quantitative estimate of drug-likeness (QED) is 0.709. The smallest absolute Gasteiger partial charge is 0.322 e. The normalized spacial score (nSPS) is 22.5. The van der Waals surface area contributed by atoms with E-state index in [2.05, 4.69) is 37.3 Å². The number of halogens is 3. The summed E-state index contributed by atoms with van der Waals surface area (Å²) >= 11 is 0. The van der Waals surface area contributed by atoms with Gasteiger partial charge in [0.05, 0.1) is 5.56 Å². The lowest BCUT2D eigenvalue weighted by Gasteiger charge is -2.19. The largest absolute Gasteiger partial charge is 0.435 e. The summed E-state index contributed by atoms with van der Waals surface area (Å²) in [4.78, 5) is 12.5. The topological polar surface area (TPSA) is 46.9 Å². The highest BCUT2D eigenvalue weighted by Gasteiger charge is 2.45. The molecule has 152 valence electrons. The molecule has 0 radical (unpaired) electrons. The van der Waals surface area contributed by atoms with E-state index in [1.807, 2.05) is 6.07 Å². The summed E-state index contributed by atoms with van der Waals surface area (Å²) in [6.07, 6.45) is -0.111. The summed E-state index contributed by atoms with van der Waals surface area (Å²) in [5.41, 5.74) is 1.33. The summed E-state index contributed by atoms with van der Waals surface area (Å²) in [6.45, 7) is 6.46. The molecule has 1 fully saturated rings. The Morgan fingerprint density at radius 2 is 1.89 bits per heavy atom. The molecular weight excluding hydrogens is 367 g/mol. The molecule has 1 saturated carbocycles. The van der Waals surface area contributed by atoms with Crippen LogP contribution in [0, 0.1) is 5.92 Å². The minimum atomic E-state index is -4.67. The lowest BCUT2D eigenvalue weighted by molar-refractivity contribution is -0.141. The van der Waals surface area contributed by atoms with E-state index in [0.29, 0.717) is 23.4 Å². The van der Waals surface area contributed by atoms with Crippen molar-refractivity contribution in [2.45, 2.75) is 58.0 Å². The van der Waals surface area contributed by atoms with Crippen molar-refractivity contribution in [2.75, 3.05) is 5.32 Å². The number of fused-ring (bicyclic) bond motifs is 5. The molecule has 2 aliphatic rings. The number of anilines is 1. The number of benzene rings is 1. The lowest BCUT2D eigenvalue weighted by Crippen LogP contribution is -2.19. The van der Waals surface area contributed by atoms with E-state index in [1.165, 1.54) is 19.0 Å². The Kier molecular flexibility index (Phi) is 5.55. The van der Waals surface area contributed by atoms with Crippen LogP contribution in [0.3, 0.4) is 0 Å². The molecule has 7 heteroatoms. The fourth-order valence-electron chi connectivity index (χ4n) is 4.49. The number of aryl methyl sites for hydroxylation is 1. The van der Waals surface area contributed by atoms with Crippen molar-refractivity contribution in [3.05, 3.63) is 46.8 Å². The fraction of sp³-hybridized carbons (Fsp3) is 0.524. The van der Waals surface area contributed by atoms with Crippen molar-refractivity contribution in [1.29, 1.82) is 0 Å². The highest BCUT2D eigenvalue weighted by molar-refractivity contribution is 6.05. The highest BCUT2D eigenvalue weighted by Crippen LogP contribution is 2.58. The zero-order valence-electron chi connectivity index (χ0n) is 16.6. The molecule has 4 rings (SSSR count). The Morgan fingerprint density at radius 3 is 2.54 bits per heavy atom. The van der Waals surface area contributed by atoms with Crippen molar-refractivity contribution in [3.63, 3.8) is 0 Å². The van der Waals surface area contributed by atoms with Crippen LogP contribution < -0.4 is 5.32 Å². The van der Waals surface area contributed by atoms with Crippen LogP contribution in [0.2, 0.25) is 0 Å². The Balaban J connectivity index is 0.000000706. The molecule has 1 N–H and O–H groups in total. The molecule has 2 aliphatic carbocycles. The van der Waals surface area contributed by atoms with Crippen LogP contribution >= 0.6 is 0 Å². The van der Waals surface area contributed by atoms with Gasteiger partial charge in [-0.05, 0) is 47.8 Å². The first kappa shape index (κ1) is 20.4. The zero-order chi connectivity index (χ0) is 20.6. The summed E-state index contributed by atoms with van der Waals surface area (Å²) in [7, 11) is 1.37. The van der Waals surface area contributed by atoms with Gasteiger partial charge in [-0.15, -0.1) is 0 Å². The van der Waals surface area contributed by atoms with E-state index in [1.54, 1.807) is 6.07 Å². The van der Waals surface area contributed by atoms with E-state index >= 15 is 0 Å². The number of alkyl halides is 3. The number of hydrogen-bond acceptors (Lipinski definition) is 2. The van der Waals surface area contributed by atoms with Crippen molar-refractivity contribution >= 4 is 11.6 Å². The van der Waals surface area contributed by atoms with Gasteiger partial charge in [0, 0.05) is 18.9 Å². The minimum Gasteiger partial charge on any atom is -0.322 e. The van der Waals surface area contributed by atoms with Gasteiger partial charge in [-0.3, -0.25) is 9.48 Å². The number of nitrogens with zero attached hydrogens (tertiary/aromatic N) is 2. The van der Waals surface area contributed by atoms with Crippen LogP contribution in [0.1, 0.15) is 79.0 Å². The van der Waals surface area contributed by atoms with Gasteiger partial charge >= 0.3 is 6.18 Å². The monoisotopic (exact) mass is 393 g/mol. The van der Waals surface area contributed by atoms with Gasteiger partial charge in [0.1, 0.15) is 0 Å². The van der Waals surface area contributed by atoms with Crippen LogP contribution in [0.5, 0.6) is 0 Å². The Bertz CT molecular complexity index is 872. The van der Waals surface area contributed by atoms with E-state index in [0.717, 1.165) is 29.3 Å². The fourth-order valence-corrected chi connectivity index (χ4v) is 4.49. The van der Waals surface area contributed by atoms with Gasteiger partial charge in [0.15, 0.2) is 5.69 Å². The predicted octanol–water partition coefficient (Wildman–Crippen LogP) is 5.72. The minimum absolute atomic E-state index is 0.368. The molecule has 3 atom stereocenters. The molecule has 28 heavy (non-hydrogen) atoms. The second-order valence-electron chi connectivity index (χ2n) is 7.68. The summed E-state index contributed by atoms with van der Waals surface area (Å²) in [5, 5.41) is 6.10. The average Bonchev–Trinajstić information content (AvgIpc) is 3.27. The SMILES string of the molecule is CC1C2CCC1c1c(NC(=O)c3cn(C)nc3C(F)(F)F)cccc12.CCC. The first-order valence-corrected chi connectivity index (χ1v) is 9.73. The van der Waals surface area contributed by atoms with E-state index < -0.39 is 23.3 Å². The average molecular weight is 393 g/mol. The van der Waals surface area contributed by atoms with Crippen LogP contribution in [0.4, 0.5) is 18.9 Å². The Morgan fingerprint density at radius 1 is 1.25 bits per heavy atom. The van der Waals surface area contributed by atoms with Crippen molar-refractivity contribution in [2.24, 2.45) is 13.0 Å². The summed E-state index contributed by atoms with van der Waals surface area (Å²) < 4.78 is 40.3. The number of aromatic nitrogens is 2. The molecule has 1 heterocycles. The number of nitrogens with one attached hydrogen (secondary N) is 1. The molecular formula is C21H26F3N3O. The Hall–Kier alpha value is -2.31. The van der Waals surface area contributed by atoms with Gasteiger partial charge in [0.2, 0.25) is 0 Å². The zero-order valence-corrected chi connectivity index (χ0v) is 16.6. The highest BCUT2D eigenvalue weighted by atomic mass is 19.4. The number of carbonyl (C=O) groups excluding carboxylic acids is 1. The van der Waals surface area contributed by atoms with Gasteiger partial charge < -0.3 is 5.32 Å². The molecule has 4 nitrogen and oxygen atoms in total. The van der Waals surface area contributed by atoms with Crippen LogP contribution in [-0.4, -0.2) is 15.7 Å². The third-order valence-electron chi connectivity index (χ3n) is 5.56. The van der Waals surface area contributed by atoms with Crippen molar-refractivity contribution in [3.8, 4) is 0 Å². The molecule has 0 saturated heterocycles. The molecule has 0 spiro atoms. The van der Waals surface area contributed by atoms with E-state index in [4.69, 9.17) is 0 Å². The second-order valence-corrected chi connectivity index (χ2v) is 7.68. The van der Waals surface area contributed by atoms with Gasteiger partial charge in [-0.25, -0.2) is 0 Å². The molecule has 1 amide bonds. The van der Waals surface area contributed by atoms with Crippen molar-refractivity contribution in [1.82, 2.24) is 9.78 Å². The molecule has 2 bridgehead atoms. The van der Waals surface area contributed by atoms with Gasteiger partial charge in [-0.2, -0.15) is 18.3 Å². The van der Waals surface area contributed by atoms with E-state index in [-0.39, 0.29) is 0 Å². The second kappa shape index (κ2) is 7.60. The van der Waals surface area contributed by atoms with Crippen LogP contribution in [0.15, 0.2) is 24.4 Å². The van der Waals surface area contributed by atoms with E-state index in [9.17, 15) is 18.0 Å². The summed E-state index contributed by atoms with van der Waals surface area (Å²) in [6, 6.07) is 5.69. The third-order valence-corrected chi connectivity index (χ3v) is 5.56. The standard InChI is InChI=1S/C18H18F3N3O.C3H8/c1-9-10-6-7-11(9)15-12(10)4-3-5-14(15)22-17(25)13-8-24(2)23-16(13)18(19,20)21;1-3-2/h3-5,8-11H,6-7H2,1-2H3,(H,22,25);3H2,1-2H3. The van der Waals surface area contributed by atoms with Gasteiger partial charge in [-0.1, -0.05) is 39.3 Å². The molecule has 1 aromatic carbocycles. The van der Waals surface area contributed by atoms with Gasteiger partial charge in [0.25, 0.3) is 5.91 Å². The maximum Gasteiger partial charge on any atom is 0.435 e. The first-order chi connectivity index (χ1) is 13.2. The maximum absolute atomic E-state index is 13.1. The maximum atomic E-state index is 13.1. The number of hydrogen-bond donors (Lipinski definition) is 1. The Labute approximate surface area is 163 Å². The molecule has 0 aliphatic heterocycles. The predicted molar refractivity (Wildman–Crippen MR) is 102 cm³/mol. The first-order valence-electron chi connectivity index (χ1n) is 9.73. The van der Waals surface area contributed by atoms with Crippen LogP contribution in [0.25, 0.3) is 0 Å². The molecule has 2 aromatic rings. The number of carbonyl (C=O) groups is 1. The lowest BCUT2D eigenvalue weighted by atomic mass is 9.90. The number of rotatable bonds is 2.